The normalized spacial score (nSPS) is 22.0. The van der Waals surface area contributed by atoms with Crippen LogP contribution in [-0.2, 0) is 11.3 Å². The summed E-state index contributed by atoms with van der Waals surface area (Å²) in [4.78, 5) is 17.2. The van der Waals surface area contributed by atoms with Crippen molar-refractivity contribution in [3.8, 4) is 16.9 Å². The van der Waals surface area contributed by atoms with Gasteiger partial charge in [-0.1, -0.05) is 30.3 Å². The summed E-state index contributed by atoms with van der Waals surface area (Å²) < 4.78 is 11.9. The van der Waals surface area contributed by atoms with Crippen molar-refractivity contribution in [1.82, 2.24) is 9.80 Å². The summed E-state index contributed by atoms with van der Waals surface area (Å²) >= 11 is 0. The molecule has 156 valence electrons. The third-order valence-electron chi connectivity index (χ3n) is 6.71. The van der Waals surface area contributed by atoms with Crippen LogP contribution in [-0.4, -0.2) is 48.0 Å². The van der Waals surface area contributed by atoms with Crippen molar-refractivity contribution in [3.63, 3.8) is 0 Å². The Hall–Kier alpha value is -2.79. The van der Waals surface area contributed by atoms with E-state index < -0.39 is 0 Å². The molecule has 2 atom stereocenters. The Morgan fingerprint density at radius 3 is 2.77 bits per heavy atom. The lowest BCUT2D eigenvalue weighted by Crippen LogP contribution is -2.58. The quantitative estimate of drug-likeness (QED) is 0.637. The zero-order chi connectivity index (χ0) is 20.8. The molecule has 0 saturated carbocycles. The highest BCUT2D eigenvalue weighted by atomic mass is 16.5. The number of hydrogen-bond donors (Lipinski definition) is 0. The molecule has 1 aromatic heterocycles. The SMILES string of the molecule is COc1cc2c(-c3ccccc3)c(C)oc2cc1CN1C[C@H]2CCCN2C(=O)[C@H]1C. The van der Waals surface area contributed by atoms with Crippen molar-refractivity contribution in [2.45, 2.75) is 45.3 Å². The van der Waals surface area contributed by atoms with Crippen molar-refractivity contribution < 1.29 is 13.9 Å². The molecule has 3 aromatic rings. The number of rotatable bonds is 4. The van der Waals surface area contributed by atoms with Crippen LogP contribution in [0.1, 0.15) is 31.1 Å². The van der Waals surface area contributed by atoms with Crippen LogP contribution in [0.15, 0.2) is 46.9 Å². The number of furan rings is 1. The van der Waals surface area contributed by atoms with Crippen LogP contribution >= 0.6 is 0 Å². The molecular weight excluding hydrogens is 376 g/mol. The fraction of sp³-hybridized carbons (Fsp3) is 0.400. The Kier molecular flexibility index (Phi) is 4.78. The first kappa shape index (κ1) is 19.2. The van der Waals surface area contributed by atoms with E-state index in [1.807, 2.05) is 32.0 Å². The van der Waals surface area contributed by atoms with Crippen LogP contribution in [0.25, 0.3) is 22.1 Å². The van der Waals surface area contributed by atoms with Gasteiger partial charge in [-0.15, -0.1) is 0 Å². The van der Waals surface area contributed by atoms with E-state index in [1.54, 1.807) is 7.11 Å². The third kappa shape index (κ3) is 3.08. The van der Waals surface area contributed by atoms with Crippen molar-refractivity contribution in [1.29, 1.82) is 0 Å². The molecule has 0 radical (unpaired) electrons. The van der Waals surface area contributed by atoms with Gasteiger partial charge in [0.2, 0.25) is 5.91 Å². The van der Waals surface area contributed by atoms with Gasteiger partial charge >= 0.3 is 0 Å². The second-order valence-corrected chi connectivity index (χ2v) is 8.49. The van der Waals surface area contributed by atoms with Gasteiger partial charge in [0.25, 0.3) is 0 Å². The summed E-state index contributed by atoms with van der Waals surface area (Å²) in [7, 11) is 1.71. The van der Waals surface area contributed by atoms with Crippen molar-refractivity contribution in [2.24, 2.45) is 0 Å². The van der Waals surface area contributed by atoms with Crippen LogP contribution in [0.5, 0.6) is 5.75 Å². The lowest BCUT2D eigenvalue weighted by Gasteiger charge is -2.41. The molecule has 2 saturated heterocycles. The first-order valence-corrected chi connectivity index (χ1v) is 10.8. The monoisotopic (exact) mass is 404 g/mol. The maximum Gasteiger partial charge on any atom is 0.239 e. The van der Waals surface area contributed by atoms with Gasteiger partial charge in [0.05, 0.1) is 13.2 Å². The Balaban J connectivity index is 1.51. The number of ether oxygens (including phenoxy) is 1. The van der Waals surface area contributed by atoms with Gasteiger partial charge in [0.15, 0.2) is 0 Å². The fourth-order valence-electron chi connectivity index (χ4n) is 5.13. The van der Waals surface area contributed by atoms with Gasteiger partial charge in [-0.25, -0.2) is 0 Å². The molecule has 2 aromatic carbocycles. The van der Waals surface area contributed by atoms with Crippen molar-refractivity contribution in [3.05, 3.63) is 53.8 Å². The number of methoxy groups -OCH3 is 1. The van der Waals surface area contributed by atoms with E-state index in [9.17, 15) is 4.79 Å². The lowest BCUT2D eigenvalue weighted by molar-refractivity contribution is -0.143. The van der Waals surface area contributed by atoms with Gasteiger partial charge in [0, 0.05) is 42.2 Å². The number of benzene rings is 2. The molecule has 2 aliphatic heterocycles. The number of carbonyl (C=O) groups excluding carboxylic acids is 1. The van der Waals surface area contributed by atoms with Gasteiger partial charge in [-0.3, -0.25) is 9.69 Å². The van der Waals surface area contributed by atoms with E-state index in [-0.39, 0.29) is 11.9 Å². The molecule has 30 heavy (non-hydrogen) atoms. The van der Waals surface area contributed by atoms with E-state index in [0.29, 0.717) is 12.6 Å². The third-order valence-corrected chi connectivity index (χ3v) is 6.71. The van der Waals surface area contributed by atoms with Crippen LogP contribution in [0, 0.1) is 6.92 Å². The molecule has 3 heterocycles. The molecule has 2 fully saturated rings. The zero-order valence-electron chi connectivity index (χ0n) is 17.9. The lowest BCUT2D eigenvalue weighted by atomic mass is 10.00. The summed E-state index contributed by atoms with van der Waals surface area (Å²) in [6, 6.07) is 14.7. The molecule has 0 unspecified atom stereocenters. The number of hydrogen-bond acceptors (Lipinski definition) is 4. The van der Waals surface area contributed by atoms with Gasteiger partial charge < -0.3 is 14.1 Å². The number of piperazine rings is 1. The average molecular weight is 405 g/mol. The molecular formula is C25H28N2O3. The maximum atomic E-state index is 12.8. The first-order valence-electron chi connectivity index (χ1n) is 10.8. The van der Waals surface area contributed by atoms with Crippen LogP contribution < -0.4 is 4.74 Å². The highest BCUT2D eigenvalue weighted by molar-refractivity contribution is 5.97. The molecule has 5 nitrogen and oxygen atoms in total. The molecule has 0 spiro atoms. The van der Waals surface area contributed by atoms with Crippen molar-refractivity contribution in [2.75, 3.05) is 20.2 Å². The second-order valence-electron chi connectivity index (χ2n) is 8.49. The summed E-state index contributed by atoms with van der Waals surface area (Å²) in [5.74, 6) is 2.00. The molecule has 0 N–H and O–H groups in total. The average Bonchev–Trinajstić information content (AvgIpc) is 3.35. The van der Waals surface area contributed by atoms with E-state index in [4.69, 9.17) is 9.15 Å². The smallest absolute Gasteiger partial charge is 0.239 e. The standard InChI is InChI=1S/C25H28N2O3/c1-16-25(28)27-11-7-10-20(27)15-26(16)14-19-12-23-21(13-22(19)29-3)24(17(2)30-23)18-8-5-4-6-9-18/h4-6,8-9,12-13,16,20H,7,10-11,14-15H2,1-3H3/t16-,20-/m1/s1. The van der Waals surface area contributed by atoms with Crippen molar-refractivity contribution >= 4 is 16.9 Å². The van der Waals surface area contributed by atoms with E-state index in [1.165, 1.54) is 0 Å². The van der Waals surface area contributed by atoms with E-state index >= 15 is 0 Å². The maximum absolute atomic E-state index is 12.8. The van der Waals surface area contributed by atoms with E-state index in [0.717, 1.165) is 65.1 Å². The minimum atomic E-state index is -0.113. The molecule has 5 heteroatoms. The number of aryl methyl sites for hydroxylation is 1. The highest BCUT2D eigenvalue weighted by Gasteiger charge is 2.40. The molecule has 0 aliphatic carbocycles. The largest absolute Gasteiger partial charge is 0.496 e. The molecule has 1 amide bonds. The minimum Gasteiger partial charge on any atom is -0.496 e. The van der Waals surface area contributed by atoms with Gasteiger partial charge in [-0.2, -0.15) is 0 Å². The predicted octanol–water partition coefficient (Wildman–Crippen LogP) is 4.61. The summed E-state index contributed by atoms with van der Waals surface area (Å²) in [6.07, 6.45) is 2.21. The Morgan fingerprint density at radius 1 is 1.20 bits per heavy atom. The van der Waals surface area contributed by atoms with Crippen LogP contribution in [0.2, 0.25) is 0 Å². The van der Waals surface area contributed by atoms with E-state index in [2.05, 4.69) is 34.1 Å². The molecule has 2 aliphatic rings. The fourth-order valence-corrected chi connectivity index (χ4v) is 5.13. The summed E-state index contributed by atoms with van der Waals surface area (Å²) in [5, 5.41) is 1.06. The van der Waals surface area contributed by atoms with Gasteiger partial charge in [0.1, 0.15) is 17.1 Å². The minimum absolute atomic E-state index is 0.113. The van der Waals surface area contributed by atoms with Crippen LogP contribution in [0.4, 0.5) is 0 Å². The summed E-state index contributed by atoms with van der Waals surface area (Å²) in [6.45, 7) is 6.53. The topological polar surface area (TPSA) is 45.9 Å². The first-order chi connectivity index (χ1) is 14.6. The summed E-state index contributed by atoms with van der Waals surface area (Å²) in [5.41, 5.74) is 4.17. The highest BCUT2D eigenvalue weighted by Crippen LogP contribution is 2.39. The van der Waals surface area contributed by atoms with Crippen LogP contribution in [0.3, 0.4) is 0 Å². The Bertz CT molecular complexity index is 1090. The zero-order valence-corrected chi connectivity index (χ0v) is 17.9. The molecule has 5 rings (SSSR count). The number of fused-ring (bicyclic) bond motifs is 2. The number of amides is 1. The molecule has 0 bridgehead atoms. The predicted molar refractivity (Wildman–Crippen MR) is 118 cm³/mol. The van der Waals surface area contributed by atoms with Gasteiger partial charge in [-0.05, 0) is 44.4 Å². The second kappa shape index (κ2) is 7.47. The number of carbonyl (C=O) groups is 1. The number of nitrogens with zero attached hydrogens (tertiary/aromatic N) is 2. The Labute approximate surface area is 177 Å². The Morgan fingerprint density at radius 2 is 2.00 bits per heavy atom.